The van der Waals surface area contributed by atoms with Gasteiger partial charge in [0.15, 0.2) is 11.5 Å². The number of anilines is 1. The van der Waals surface area contributed by atoms with Crippen LogP contribution in [-0.2, 0) is 11.2 Å². The van der Waals surface area contributed by atoms with Gasteiger partial charge in [-0.2, -0.15) is 0 Å². The van der Waals surface area contributed by atoms with E-state index in [4.69, 9.17) is 15.2 Å². The van der Waals surface area contributed by atoms with Crippen molar-refractivity contribution in [2.45, 2.75) is 12.5 Å². The Morgan fingerprint density at radius 1 is 0.893 bits per heavy atom. The summed E-state index contributed by atoms with van der Waals surface area (Å²) in [6.45, 7) is 0. The summed E-state index contributed by atoms with van der Waals surface area (Å²) in [6, 6.07) is 23.0. The molecule has 5 heteroatoms. The third-order valence-corrected chi connectivity index (χ3v) is 4.54. The number of benzene rings is 3. The molecular weight excluding hydrogens is 352 g/mol. The summed E-state index contributed by atoms with van der Waals surface area (Å²) in [5, 5.41) is 3.26. The van der Waals surface area contributed by atoms with E-state index < -0.39 is 11.9 Å². The summed E-state index contributed by atoms with van der Waals surface area (Å²) in [5.74, 6) is 0.847. The smallest absolute Gasteiger partial charge is 0.240 e. The van der Waals surface area contributed by atoms with Crippen LogP contribution in [0.1, 0.15) is 5.56 Å². The fourth-order valence-electron chi connectivity index (χ4n) is 3.09. The maximum absolute atomic E-state index is 12.0. The van der Waals surface area contributed by atoms with Crippen molar-refractivity contribution in [1.82, 2.24) is 0 Å². The van der Waals surface area contributed by atoms with Crippen LogP contribution in [0.25, 0.3) is 11.1 Å². The van der Waals surface area contributed by atoms with Crippen molar-refractivity contribution in [2.24, 2.45) is 5.73 Å². The van der Waals surface area contributed by atoms with E-state index in [9.17, 15) is 4.79 Å². The SMILES string of the molecule is COc1ccc(C[C@H](Nc2cccc(-c3ccccc3)c2)C(N)=O)cc1OC. The largest absolute Gasteiger partial charge is 0.493 e. The van der Waals surface area contributed by atoms with Crippen molar-refractivity contribution in [3.8, 4) is 22.6 Å². The number of nitrogens with two attached hydrogens (primary N) is 1. The molecule has 0 aliphatic carbocycles. The first-order chi connectivity index (χ1) is 13.6. The number of nitrogens with one attached hydrogen (secondary N) is 1. The third kappa shape index (κ3) is 4.62. The molecular formula is C23H24N2O3. The highest BCUT2D eigenvalue weighted by molar-refractivity contribution is 5.83. The fraction of sp³-hybridized carbons (Fsp3) is 0.174. The number of amides is 1. The number of hydrogen-bond acceptors (Lipinski definition) is 4. The summed E-state index contributed by atoms with van der Waals surface area (Å²) >= 11 is 0. The van der Waals surface area contributed by atoms with Crippen LogP contribution in [0.4, 0.5) is 5.69 Å². The minimum atomic E-state index is -0.552. The number of ether oxygens (including phenoxy) is 2. The molecule has 3 rings (SSSR count). The number of carbonyl (C=O) groups is 1. The molecule has 0 spiro atoms. The van der Waals surface area contributed by atoms with Crippen LogP contribution in [-0.4, -0.2) is 26.2 Å². The third-order valence-electron chi connectivity index (χ3n) is 4.54. The lowest BCUT2D eigenvalue weighted by molar-refractivity contribution is -0.118. The molecule has 0 fully saturated rings. The van der Waals surface area contributed by atoms with Gasteiger partial charge in [-0.15, -0.1) is 0 Å². The van der Waals surface area contributed by atoms with Crippen LogP contribution in [0.3, 0.4) is 0 Å². The molecule has 0 unspecified atom stereocenters. The Kier molecular flexibility index (Phi) is 6.17. The van der Waals surface area contributed by atoms with E-state index >= 15 is 0 Å². The van der Waals surface area contributed by atoms with Crippen molar-refractivity contribution in [1.29, 1.82) is 0 Å². The van der Waals surface area contributed by atoms with Crippen molar-refractivity contribution in [3.05, 3.63) is 78.4 Å². The average Bonchev–Trinajstić information content (AvgIpc) is 2.74. The molecule has 0 radical (unpaired) electrons. The highest BCUT2D eigenvalue weighted by Crippen LogP contribution is 2.28. The zero-order valence-electron chi connectivity index (χ0n) is 16.0. The summed E-state index contributed by atoms with van der Waals surface area (Å²) in [4.78, 5) is 12.0. The molecule has 28 heavy (non-hydrogen) atoms. The van der Waals surface area contributed by atoms with Crippen LogP contribution in [0.2, 0.25) is 0 Å². The summed E-state index contributed by atoms with van der Waals surface area (Å²) < 4.78 is 10.6. The van der Waals surface area contributed by atoms with E-state index in [0.29, 0.717) is 17.9 Å². The summed E-state index contributed by atoms with van der Waals surface area (Å²) in [5.41, 5.74) is 9.60. The van der Waals surface area contributed by atoms with Crippen molar-refractivity contribution in [2.75, 3.05) is 19.5 Å². The van der Waals surface area contributed by atoms with Gasteiger partial charge >= 0.3 is 0 Å². The Labute approximate surface area is 165 Å². The monoisotopic (exact) mass is 376 g/mol. The molecule has 144 valence electrons. The number of carbonyl (C=O) groups excluding carboxylic acids is 1. The van der Waals surface area contributed by atoms with Gasteiger partial charge in [0, 0.05) is 12.1 Å². The Morgan fingerprint density at radius 2 is 1.61 bits per heavy atom. The van der Waals surface area contributed by atoms with Gasteiger partial charge in [-0.3, -0.25) is 4.79 Å². The zero-order valence-corrected chi connectivity index (χ0v) is 16.0. The molecule has 0 bridgehead atoms. The highest BCUT2D eigenvalue weighted by Gasteiger charge is 2.17. The first-order valence-electron chi connectivity index (χ1n) is 9.03. The topological polar surface area (TPSA) is 73.6 Å². The van der Waals surface area contributed by atoms with Gasteiger partial charge in [0.05, 0.1) is 14.2 Å². The van der Waals surface area contributed by atoms with Gasteiger partial charge < -0.3 is 20.5 Å². The Balaban J connectivity index is 1.80. The molecule has 1 atom stereocenters. The standard InChI is InChI=1S/C23H24N2O3/c1-27-21-12-11-16(14-22(21)28-2)13-20(23(24)26)25-19-10-6-9-18(15-19)17-7-4-3-5-8-17/h3-12,14-15,20,25H,13H2,1-2H3,(H2,24,26)/t20-/m0/s1. The minimum Gasteiger partial charge on any atom is -0.493 e. The van der Waals surface area contributed by atoms with E-state index in [2.05, 4.69) is 5.32 Å². The predicted molar refractivity (Wildman–Crippen MR) is 112 cm³/mol. The minimum absolute atomic E-state index is 0.417. The van der Waals surface area contributed by atoms with E-state index in [1.54, 1.807) is 14.2 Å². The van der Waals surface area contributed by atoms with E-state index in [1.165, 1.54) is 0 Å². The maximum atomic E-state index is 12.0. The molecule has 0 saturated carbocycles. The van der Waals surface area contributed by atoms with Crippen LogP contribution >= 0.6 is 0 Å². The summed E-state index contributed by atoms with van der Waals surface area (Å²) in [7, 11) is 3.17. The maximum Gasteiger partial charge on any atom is 0.240 e. The Hall–Kier alpha value is -3.47. The van der Waals surface area contributed by atoms with Crippen molar-refractivity contribution in [3.63, 3.8) is 0 Å². The van der Waals surface area contributed by atoms with E-state index in [0.717, 1.165) is 22.4 Å². The van der Waals surface area contributed by atoms with Crippen LogP contribution in [0, 0.1) is 0 Å². The molecule has 0 aliphatic heterocycles. The van der Waals surface area contributed by atoms with Gasteiger partial charge in [-0.25, -0.2) is 0 Å². The van der Waals surface area contributed by atoms with E-state index in [1.807, 2.05) is 72.8 Å². The molecule has 0 heterocycles. The fourth-order valence-corrected chi connectivity index (χ4v) is 3.09. The molecule has 0 aromatic heterocycles. The molecule has 1 amide bonds. The second-order valence-electron chi connectivity index (χ2n) is 6.44. The van der Waals surface area contributed by atoms with Crippen molar-refractivity contribution < 1.29 is 14.3 Å². The quantitative estimate of drug-likeness (QED) is 0.626. The molecule has 3 aromatic carbocycles. The van der Waals surface area contributed by atoms with Crippen LogP contribution in [0.15, 0.2) is 72.8 Å². The van der Waals surface area contributed by atoms with Gasteiger partial charge in [0.25, 0.3) is 0 Å². The second-order valence-corrected chi connectivity index (χ2v) is 6.44. The first-order valence-corrected chi connectivity index (χ1v) is 9.03. The lowest BCUT2D eigenvalue weighted by atomic mass is 10.0. The van der Waals surface area contributed by atoms with Crippen LogP contribution < -0.4 is 20.5 Å². The lowest BCUT2D eigenvalue weighted by Crippen LogP contribution is -2.37. The normalized spacial score (nSPS) is 11.5. The van der Waals surface area contributed by atoms with E-state index in [-0.39, 0.29) is 0 Å². The van der Waals surface area contributed by atoms with Gasteiger partial charge in [-0.1, -0.05) is 48.5 Å². The Bertz CT molecular complexity index is 942. The predicted octanol–water partition coefficient (Wildman–Crippen LogP) is 3.88. The average molecular weight is 376 g/mol. The first kappa shape index (κ1) is 19.3. The zero-order chi connectivity index (χ0) is 19.9. The summed E-state index contributed by atoms with van der Waals surface area (Å²) in [6.07, 6.45) is 0.436. The lowest BCUT2D eigenvalue weighted by Gasteiger charge is -2.18. The molecule has 0 aliphatic rings. The molecule has 3 aromatic rings. The van der Waals surface area contributed by atoms with Crippen LogP contribution in [0.5, 0.6) is 11.5 Å². The van der Waals surface area contributed by atoms with Gasteiger partial charge in [-0.05, 0) is 41.0 Å². The molecule has 5 nitrogen and oxygen atoms in total. The number of rotatable bonds is 8. The van der Waals surface area contributed by atoms with Gasteiger partial charge in [0.1, 0.15) is 6.04 Å². The Morgan fingerprint density at radius 3 is 2.29 bits per heavy atom. The number of hydrogen-bond donors (Lipinski definition) is 2. The number of methoxy groups -OCH3 is 2. The number of primary amides is 1. The van der Waals surface area contributed by atoms with Gasteiger partial charge in [0.2, 0.25) is 5.91 Å². The molecule has 0 saturated heterocycles. The molecule has 3 N–H and O–H groups in total. The van der Waals surface area contributed by atoms with Crippen molar-refractivity contribution >= 4 is 11.6 Å². The second kappa shape index (κ2) is 8.95. The highest BCUT2D eigenvalue weighted by atomic mass is 16.5.